The van der Waals surface area contributed by atoms with Gasteiger partial charge in [0.25, 0.3) is 11.1 Å². The van der Waals surface area contributed by atoms with Gasteiger partial charge in [0.15, 0.2) is 5.13 Å². The zero-order valence-electron chi connectivity index (χ0n) is 15.1. The average molecular weight is 433 g/mol. The number of amides is 3. The summed E-state index contributed by atoms with van der Waals surface area (Å²) in [6.45, 7) is -0.460. The lowest BCUT2D eigenvalue weighted by atomic mass is 10.2. The SMILES string of the molecule is COc1ccc(/C=C2\SC(=O)N(CC(=O)Nc3nc(CC(=O)O)cs3)C2=O)cc1. The fourth-order valence-electron chi connectivity index (χ4n) is 2.39. The van der Waals surface area contributed by atoms with Crippen molar-refractivity contribution in [3.63, 3.8) is 0 Å². The molecule has 11 heteroatoms. The van der Waals surface area contributed by atoms with Gasteiger partial charge in [0.2, 0.25) is 5.91 Å². The third-order valence-electron chi connectivity index (χ3n) is 3.72. The molecule has 2 N–H and O–H groups in total. The summed E-state index contributed by atoms with van der Waals surface area (Å²) in [5.74, 6) is -1.53. The lowest BCUT2D eigenvalue weighted by Crippen LogP contribution is -2.36. The first-order valence-corrected chi connectivity index (χ1v) is 9.91. The lowest BCUT2D eigenvalue weighted by Gasteiger charge is -2.11. The zero-order chi connectivity index (χ0) is 21.0. The van der Waals surface area contributed by atoms with Gasteiger partial charge >= 0.3 is 5.97 Å². The normalized spacial score (nSPS) is 15.1. The van der Waals surface area contributed by atoms with Gasteiger partial charge in [-0.25, -0.2) is 4.98 Å². The number of thiazole rings is 1. The second-order valence-electron chi connectivity index (χ2n) is 5.80. The molecule has 2 heterocycles. The Hall–Kier alpha value is -3.18. The van der Waals surface area contributed by atoms with Crippen molar-refractivity contribution in [2.75, 3.05) is 19.0 Å². The van der Waals surface area contributed by atoms with E-state index in [1.807, 2.05) is 0 Å². The summed E-state index contributed by atoms with van der Waals surface area (Å²) in [6, 6.07) is 6.96. The Bertz CT molecular complexity index is 999. The van der Waals surface area contributed by atoms with E-state index in [2.05, 4.69) is 10.3 Å². The smallest absolute Gasteiger partial charge is 0.309 e. The monoisotopic (exact) mass is 433 g/mol. The minimum atomic E-state index is -1.03. The molecule has 1 fully saturated rings. The Labute approximate surface area is 173 Å². The standard InChI is InChI=1S/C18H15N3O6S2/c1-27-12-4-2-10(3-5-12)6-13-16(25)21(18(26)29-13)8-14(22)20-17-19-11(9-28-17)7-15(23)24/h2-6,9H,7-8H2,1H3,(H,23,24)(H,19,20,22)/b13-6-. The first kappa shape index (κ1) is 20.6. The molecule has 0 radical (unpaired) electrons. The van der Waals surface area contributed by atoms with E-state index in [1.165, 1.54) is 5.38 Å². The van der Waals surface area contributed by atoms with E-state index in [9.17, 15) is 19.2 Å². The molecule has 3 rings (SSSR count). The maximum Gasteiger partial charge on any atom is 0.309 e. The Balaban J connectivity index is 1.63. The Morgan fingerprint density at radius 2 is 2.00 bits per heavy atom. The number of anilines is 1. The van der Waals surface area contributed by atoms with Gasteiger partial charge in [-0.05, 0) is 35.5 Å². The van der Waals surface area contributed by atoms with Gasteiger partial charge in [0.05, 0.1) is 24.1 Å². The number of aromatic nitrogens is 1. The molecular formula is C18H15N3O6S2. The molecule has 0 aliphatic carbocycles. The molecule has 2 aromatic rings. The van der Waals surface area contributed by atoms with E-state index in [-0.39, 0.29) is 16.5 Å². The fraction of sp³-hybridized carbons (Fsp3) is 0.167. The molecule has 0 unspecified atom stereocenters. The highest BCUT2D eigenvalue weighted by atomic mass is 32.2. The number of carbonyl (C=O) groups excluding carboxylic acids is 3. The van der Waals surface area contributed by atoms with Crippen LogP contribution in [0.5, 0.6) is 5.75 Å². The highest BCUT2D eigenvalue weighted by molar-refractivity contribution is 8.18. The highest BCUT2D eigenvalue weighted by Crippen LogP contribution is 2.32. The number of thioether (sulfide) groups is 1. The van der Waals surface area contributed by atoms with E-state index in [0.717, 1.165) is 33.6 Å². The van der Waals surface area contributed by atoms with Crippen molar-refractivity contribution >= 4 is 57.3 Å². The van der Waals surface area contributed by atoms with Crippen molar-refractivity contribution < 1.29 is 29.0 Å². The number of aliphatic carboxylic acids is 1. The van der Waals surface area contributed by atoms with E-state index < -0.39 is 29.6 Å². The van der Waals surface area contributed by atoms with E-state index in [1.54, 1.807) is 37.5 Å². The first-order chi connectivity index (χ1) is 13.9. The molecular weight excluding hydrogens is 418 g/mol. The number of benzene rings is 1. The van der Waals surface area contributed by atoms with Gasteiger partial charge in [0, 0.05) is 5.38 Å². The number of hydrogen-bond acceptors (Lipinski definition) is 8. The van der Waals surface area contributed by atoms with Crippen LogP contribution in [0.15, 0.2) is 34.6 Å². The summed E-state index contributed by atoms with van der Waals surface area (Å²) in [5, 5.41) is 12.4. The zero-order valence-corrected chi connectivity index (χ0v) is 16.7. The van der Waals surface area contributed by atoms with Crippen molar-refractivity contribution in [2.45, 2.75) is 6.42 Å². The largest absolute Gasteiger partial charge is 0.497 e. The summed E-state index contributed by atoms with van der Waals surface area (Å²) in [6.07, 6.45) is 1.31. The molecule has 29 heavy (non-hydrogen) atoms. The lowest BCUT2D eigenvalue weighted by molar-refractivity contribution is -0.136. The summed E-state index contributed by atoms with van der Waals surface area (Å²) in [7, 11) is 1.55. The van der Waals surface area contributed by atoms with Crippen molar-refractivity contribution in [1.29, 1.82) is 0 Å². The quantitative estimate of drug-likeness (QED) is 0.638. The van der Waals surface area contributed by atoms with Crippen LogP contribution in [0.25, 0.3) is 6.08 Å². The summed E-state index contributed by atoms with van der Waals surface area (Å²) in [4.78, 5) is 52.5. The number of carbonyl (C=O) groups is 4. The molecule has 3 amide bonds. The van der Waals surface area contributed by atoms with Gasteiger partial charge in [-0.15, -0.1) is 11.3 Å². The number of rotatable bonds is 7. The van der Waals surface area contributed by atoms with Crippen LogP contribution in [-0.2, 0) is 20.8 Å². The van der Waals surface area contributed by atoms with Gasteiger partial charge in [-0.2, -0.15) is 0 Å². The second-order valence-corrected chi connectivity index (χ2v) is 7.65. The molecule has 0 atom stereocenters. The Morgan fingerprint density at radius 1 is 1.28 bits per heavy atom. The van der Waals surface area contributed by atoms with Crippen LogP contribution in [0.1, 0.15) is 11.3 Å². The van der Waals surface area contributed by atoms with Gasteiger partial charge in [0.1, 0.15) is 12.3 Å². The van der Waals surface area contributed by atoms with Crippen LogP contribution < -0.4 is 10.1 Å². The van der Waals surface area contributed by atoms with Crippen LogP contribution in [-0.4, -0.2) is 51.7 Å². The van der Waals surface area contributed by atoms with E-state index in [0.29, 0.717) is 11.4 Å². The van der Waals surface area contributed by atoms with Crippen molar-refractivity contribution in [1.82, 2.24) is 9.88 Å². The van der Waals surface area contributed by atoms with Crippen LogP contribution in [0.3, 0.4) is 0 Å². The molecule has 1 aliphatic rings. The molecule has 0 saturated carbocycles. The molecule has 0 bridgehead atoms. The highest BCUT2D eigenvalue weighted by Gasteiger charge is 2.36. The van der Waals surface area contributed by atoms with Crippen LogP contribution >= 0.6 is 23.1 Å². The van der Waals surface area contributed by atoms with Crippen molar-refractivity contribution in [3.8, 4) is 5.75 Å². The number of carboxylic acids is 1. The van der Waals surface area contributed by atoms with Crippen LogP contribution in [0, 0.1) is 0 Å². The molecule has 150 valence electrons. The molecule has 1 aromatic heterocycles. The molecule has 1 aromatic carbocycles. The third kappa shape index (κ3) is 5.21. The Kier molecular flexibility index (Phi) is 6.29. The minimum absolute atomic E-state index is 0.201. The fourth-order valence-corrected chi connectivity index (χ4v) is 3.96. The summed E-state index contributed by atoms with van der Waals surface area (Å²) < 4.78 is 5.07. The molecule has 1 saturated heterocycles. The van der Waals surface area contributed by atoms with Crippen molar-refractivity contribution in [2.24, 2.45) is 0 Å². The van der Waals surface area contributed by atoms with Crippen LogP contribution in [0.4, 0.5) is 9.93 Å². The first-order valence-electron chi connectivity index (χ1n) is 8.21. The number of nitrogens with zero attached hydrogens (tertiary/aromatic N) is 2. The third-order valence-corrected chi connectivity index (χ3v) is 5.43. The number of carboxylic acid groups (broad SMARTS) is 1. The maximum absolute atomic E-state index is 12.5. The average Bonchev–Trinajstić information content (AvgIpc) is 3.21. The number of imide groups is 1. The molecule has 0 spiro atoms. The number of hydrogen-bond donors (Lipinski definition) is 2. The molecule has 9 nitrogen and oxygen atoms in total. The van der Waals surface area contributed by atoms with E-state index >= 15 is 0 Å². The predicted molar refractivity (Wildman–Crippen MR) is 108 cm³/mol. The minimum Gasteiger partial charge on any atom is -0.497 e. The summed E-state index contributed by atoms with van der Waals surface area (Å²) in [5.41, 5.74) is 1.03. The van der Waals surface area contributed by atoms with Crippen LogP contribution in [0.2, 0.25) is 0 Å². The number of ether oxygens (including phenoxy) is 1. The number of nitrogens with one attached hydrogen (secondary N) is 1. The topological polar surface area (TPSA) is 126 Å². The molecule has 1 aliphatic heterocycles. The van der Waals surface area contributed by atoms with Gasteiger partial charge in [-0.3, -0.25) is 24.1 Å². The maximum atomic E-state index is 12.5. The Morgan fingerprint density at radius 3 is 2.66 bits per heavy atom. The van der Waals surface area contributed by atoms with Crippen molar-refractivity contribution in [3.05, 3.63) is 45.8 Å². The van der Waals surface area contributed by atoms with E-state index in [4.69, 9.17) is 9.84 Å². The number of methoxy groups -OCH3 is 1. The summed E-state index contributed by atoms with van der Waals surface area (Å²) >= 11 is 1.82. The second kappa shape index (κ2) is 8.88. The van der Waals surface area contributed by atoms with Gasteiger partial charge < -0.3 is 15.2 Å². The van der Waals surface area contributed by atoms with Gasteiger partial charge in [-0.1, -0.05) is 12.1 Å². The predicted octanol–water partition coefficient (Wildman–Crippen LogP) is 2.45.